The molecule has 5 heteroatoms. The molecule has 2 rings (SSSR count). The summed E-state index contributed by atoms with van der Waals surface area (Å²) >= 11 is 0. The van der Waals surface area contributed by atoms with Crippen LogP contribution in [0.2, 0.25) is 0 Å². The van der Waals surface area contributed by atoms with E-state index in [0.29, 0.717) is 12.1 Å². The zero-order chi connectivity index (χ0) is 12.3. The zero-order valence-electron chi connectivity index (χ0n) is 10.0. The molecule has 0 atom stereocenters. The van der Waals surface area contributed by atoms with E-state index in [9.17, 15) is 4.79 Å². The van der Waals surface area contributed by atoms with Crippen LogP contribution in [0.3, 0.4) is 0 Å². The van der Waals surface area contributed by atoms with Gasteiger partial charge in [-0.3, -0.25) is 4.90 Å². The number of hydrogen-bond donors (Lipinski definition) is 2. The maximum absolute atomic E-state index is 10.9. The highest BCUT2D eigenvalue weighted by Crippen LogP contribution is 2.16. The van der Waals surface area contributed by atoms with Crippen molar-refractivity contribution in [1.29, 1.82) is 0 Å². The van der Waals surface area contributed by atoms with Crippen LogP contribution in [0.5, 0.6) is 0 Å². The lowest BCUT2D eigenvalue weighted by Crippen LogP contribution is -2.27. The van der Waals surface area contributed by atoms with Gasteiger partial charge in [0.2, 0.25) is 5.76 Å². The molecule has 1 aliphatic rings. The van der Waals surface area contributed by atoms with Crippen molar-refractivity contribution in [2.75, 3.05) is 26.2 Å². The first-order valence-electron chi connectivity index (χ1n) is 5.92. The van der Waals surface area contributed by atoms with Gasteiger partial charge in [-0.15, -0.1) is 0 Å². The van der Waals surface area contributed by atoms with Crippen molar-refractivity contribution in [3.8, 4) is 0 Å². The first-order chi connectivity index (χ1) is 8.16. The Balaban J connectivity index is 2.02. The van der Waals surface area contributed by atoms with Crippen LogP contribution in [0, 0.1) is 6.92 Å². The minimum Gasteiger partial charge on any atom is -0.475 e. The van der Waals surface area contributed by atoms with Crippen molar-refractivity contribution in [2.45, 2.75) is 19.9 Å². The number of nitrogens with one attached hydrogen (secondary N) is 1. The molecule has 94 valence electrons. The Morgan fingerprint density at radius 1 is 1.53 bits per heavy atom. The monoisotopic (exact) mass is 238 g/mol. The first kappa shape index (κ1) is 12.1. The molecule has 1 aliphatic heterocycles. The summed E-state index contributed by atoms with van der Waals surface area (Å²) in [6, 6.07) is 1.82. The van der Waals surface area contributed by atoms with Gasteiger partial charge in [-0.2, -0.15) is 0 Å². The normalized spacial score (nSPS) is 17.9. The van der Waals surface area contributed by atoms with Crippen molar-refractivity contribution in [2.24, 2.45) is 0 Å². The van der Waals surface area contributed by atoms with E-state index in [-0.39, 0.29) is 5.76 Å². The Bertz CT molecular complexity index is 392. The number of carbonyl (C=O) groups is 1. The second kappa shape index (κ2) is 5.33. The molecule has 0 spiro atoms. The van der Waals surface area contributed by atoms with Crippen molar-refractivity contribution >= 4 is 5.97 Å². The van der Waals surface area contributed by atoms with E-state index >= 15 is 0 Å². The summed E-state index contributed by atoms with van der Waals surface area (Å²) in [4.78, 5) is 13.1. The molecule has 0 unspecified atom stereocenters. The second-order valence-electron chi connectivity index (χ2n) is 4.41. The molecule has 0 bridgehead atoms. The fraction of sp³-hybridized carbons (Fsp3) is 0.583. The predicted molar refractivity (Wildman–Crippen MR) is 63.2 cm³/mol. The summed E-state index contributed by atoms with van der Waals surface area (Å²) in [5.41, 5.74) is 0.695. The maximum Gasteiger partial charge on any atom is 0.372 e. The van der Waals surface area contributed by atoms with Crippen LogP contribution in [-0.4, -0.2) is 42.2 Å². The molecule has 0 aliphatic carbocycles. The van der Waals surface area contributed by atoms with E-state index in [0.717, 1.165) is 38.4 Å². The number of carboxylic acids is 1. The van der Waals surface area contributed by atoms with Crippen molar-refractivity contribution in [1.82, 2.24) is 10.2 Å². The summed E-state index contributed by atoms with van der Waals surface area (Å²) in [7, 11) is 0. The van der Waals surface area contributed by atoms with E-state index < -0.39 is 5.97 Å². The Kier molecular flexibility index (Phi) is 3.81. The van der Waals surface area contributed by atoms with Gasteiger partial charge in [0.05, 0.1) is 6.54 Å². The second-order valence-corrected chi connectivity index (χ2v) is 4.41. The molecule has 5 nitrogen and oxygen atoms in total. The largest absolute Gasteiger partial charge is 0.475 e. The lowest BCUT2D eigenvalue weighted by Gasteiger charge is -2.17. The predicted octanol–water partition coefficient (Wildman–Crippen LogP) is 1.08. The highest BCUT2D eigenvalue weighted by molar-refractivity contribution is 5.86. The summed E-state index contributed by atoms with van der Waals surface area (Å²) in [5, 5.41) is 12.2. The molecule has 1 fully saturated rings. The fourth-order valence-electron chi connectivity index (χ4n) is 2.12. The van der Waals surface area contributed by atoms with Crippen molar-refractivity contribution in [3.63, 3.8) is 0 Å². The number of furan rings is 1. The van der Waals surface area contributed by atoms with Gasteiger partial charge in [-0.25, -0.2) is 4.79 Å². The van der Waals surface area contributed by atoms with Crippen molar-refractivity contribution < 1.29 is 14.3 Å². The fourth-order valence-corrected chi connectivity index (χ4v) is 2.12. The first-order valence-corrected chi connectivity index (χ1v) is 5.92. The molecule has 0 amide bonds. The summed E-state index contributed by atoms with van der Waals surface area (Å²) in [6.07, 6.45) is 1.12. The Morgan fingerprint density at radius 2 is 2.35 bits per heavy atom. The average Bonchev–Trinajstić information content (AvgIpc) is 2.50. The van der Waals surface area contributed by atoms with Crippen LogP contribution in [0.4, 0.5) is 0 Å². The van der Waals surface area contributed by atoms with E-state index in [1.165, 1.54) is 0 Å². The van der Waals surface area contributed by atoms with Gasteiger partial charge >= 0.3 is 5.97 Å². The smallest absolute Gasteiger partial charge is 0.372 e. The van der Waals surface area contributed by atoms with Crippen LogP contribution >= 0.6 is 0 Å². The van der Waals surface area contributed by atoms with Crippen LogP contribution < -0.4 is 5.32 Å². The molecule has 17 heavy (non-hydrogen) atoms. The van der Waals surface area contributed by atoms with Gasteiger partial charge in [-0.05, 0) is 32.5 Å². The van der Waals surface area contributed by atoms with Gasteiger partial charge in [0.1, 0.15) is 5.76 Å². The van der Waals surface area contributed by atoms with Gasteiger partial charge in [0.15, 0.2) is 0 Å². The van der Waals surface area contributed by atoms with E-state index in [1.54, 1.807) is 6.92 Å². The van der Waals surface area contributed by atoms with Crippen LogP contribution in [0.25, 0.3) is 0 Å². The molecule has 0 saturated carbocycles. The lowest BCUT2D eigenvalue weighted by atomic mass is 10.2. The molecule has 1 aromatic rings. The summed E-state index contributed by atoms with van der Waals surface area (Å²) < 4.78 is 5.36. The number of hydrogen-bond acceptors (Lipinski definition) is 4. The van der Waals surface area contributed by atoms with Gasteiger partial charge in [0, 0.05) is 18.7 Å². The Morgan fingerprint density at radius 3 is 3.06 bits per heavy atom. The molecule has 0 radical (unpaired) electrons. The number of carboxylic acid groups (broad SMARTS) is 1. The Labute approximate surface area is 100 Å². The highest BCUT2D eigenvalue weighted by Gasteiger charge is 2.16. The van der Waals surface area contributed by atoms with Gasteiger partial charge < -0.3 is 14.8 Å². The van der Waals surface area contributed by atoms with E-state index in [4.69, 9.17) is 9.52 Å². The molecule has 0 aromatic carbocycles. The lowest BCUT2D eigenvalue weighted by molar-refractivity contribution is 0.0657. The molecule has 1 saturated heterocycles. The van der Waals surface area contributed by atoms with E-state index in [1.807, 2.05) is 6.07 Å². The quantitative estimate of drug-likeness (QED) is 0.825. The molecule has 1 aromatic heterocycles. The zero-order valence-corrected chi connectivity index (χ0v) is 10.0. The minimum absolute atomic E-state index is 0.0629. The summed E-state index contributed by atoms with van der Waals surface area (Å²) in [6.45, 7) is 6.48. The Hall–Kier alpha value is -1.33. The maximum atomic E-state index is 10.9. The van der Waals surface area contributed by atoms with Gasteiger partial charge in [0.25, 0.3) is 0 Å². The van der Waals surface area contributed by atoms with Gasteiger partial charge in [-0.1, -0.05) is 0 Å². The molecule has 2 heterocycles. The third-order valence-corrected chi connectivity index (χ3v) is 2.98. The topological polar surface area (TPSA) is 65.7 Å². The molecular formula is C12H18N2O3. The van der Waals surface area contributed by atoms with Crippen LogP contribution in [0.1, 0.15) is 28.3 Å². The molecule has 2 N–H and O–H groups in total. The molecular weight excluding hydrogens is 220 g/mol. The third-order valence-electron chi connectivity index (χ3n) is 2.98. The number of rotatable bonds is 3. The van der Waals surface area contributed by atoms with Crippen LogP contribution in [0.15, 0.2) is 10.5 Å². The third kappa shape index (κ3) is 3.08. The van der Waals surface area contributed by atoms with Crippen LogP contribution in [-0.2, 0) is 6.54 Å². The highest BCUT2D eigenvalue weighted by atomic mass is 16.4. The number of aryl methyl sites for hydroxylation is 1. The average molecular weight is 238 g/mol. The number of nitrogens with zero attached hydrogens (tertiary/aromatic N) is 1. The van der Waals surface area contributed by atoms with E-state index in [2.05, 4.69) is 10.2 Å². The van der Waals surface area contributed by atoms with Crippen molar-refractivity contribution in [3.05, 3.63) is 23.2 Å². The number of aromatic carboxylic acids is 1. The summed E-state index contributed by atoms with van der Waals surface area (Å²) in [5.74, 6) is -0.193. The minimum atomic E-state index is -0.994. The standard InChI is InChI=1S/C12H18N2O3/c1-9-7-10(17-11(9)12(15)16)8-14-5-2-3-13-4-6-14/h7,13H,2-6,8H2,1H3,(H,15,16). The SMILES string of the molecule is Cc1cc(CN2CCCNCC2)oc1C(=O)O.